The van der Waals surface area contributed by atoms with Gasteiger partial charge in [-0.25, -0.2) is 12.8 Å². The van der Waals surface area contributed by atoms with Crippen LogP contribution in [-0.2, 0) is 10.0 Å². The minimum atomic E-state index is -3.54. The first kappa shape index (κ1) is 18.1. The fraction of sp³-hybridized carbons (Fsp3) is 0.600. The first-order chi connectivity index (χ1) is 11.1. The highest BCUT2D eigenvalue weighted by Gasteiger charge is 2.28. The highest BCUT2D eigenvalue weighted by atomic mass is 32.2. The van der Waals surface area contributed by atoms with Gasteiger partial charge in [0.2, 0.25) is 10.0 Å². The summed E-state index contributed by atoms with van der Waals surface area (Å²) in [7, 11) is -3.54. The van der Waals surface area contributed by atoms with Gasteiger partial charge in [-0.2, -0.15) is 4.31 Å². The van der Waals surface area contributed by atoms with Crippen molar-refractivity contribution in [3.8, 4) is 5.75 Å². The molecule has 0 saturated carbocycles. The van der Waals surface area contributed by atoms with Crippen molar-refractivity contribution >= 4 is 10.0 Å². The lowest BCUT2D eigenvalue weighted by Crippen LogP contribution is -2.48. The molecule has 1 fully saturated rings. The van der Waals surface area contributed by atoms with Gasteiger partial charge in [-0.05, 0) is 30.7 Å². The van der Waals surface area contributed by atoms with Crippen molar-refractivity contribution in [3.05, 3.63) is 24.3 Å². The minimum Gasteiger partial charge on any atom is -0.491 e. The van der Waals surface area contributed by atoms with Crippen LogP contribution in [0.15, 0.2) is 29.2 Å². The highest BCUT2D eigenvalue weighted by Crippen LogP contribution is 2.21. The number of nitrogens with zero attached hydrogens (tertiary/aromatic N) is 2. The maximum Gasteiger partial charge on any atom is 0.243 e. The molecule has 0 radical (unpaired) electrons. The zero-order valence-corrected chi connectivity index (χ0v) is 13.8. The summed E-state index contributed by atoms with van der Waals surface area (Å²) in [5.74, 6) is 0.442. The average Bonchev–Trinajstić information content (AvgIpc) is 2.59. The third-order valence-electron chi connectivity index (χ3n) is 3.75. The Labute approximate surface area is 135 Å². The molecular weight excluding hydrogens is 326 g/mol. The van der Waals surface area contributed by atoms with Crippen molar-refractivity contribution in [3.63, 3.8) is 0 Å². The lowest BCUT2D eigenvalue weighted by atomic mass is 10.3. The molecule has 23 heavy (non-hydrogen) atoms. The Morgan fingerprint density at radius 3 is 2.22 bits per heavy atom. The van der Waals surface area contributed by atoms with Crippen molar-refractivity contribution in [2.24, 2.45) is 0 Å². The molecule has 0 atom stereocenters. The molecule has 0 N–H and O–H groups in total. The molecule has 2 rings (SSSR count). The predicted molar refractivity (Wildman–Crippen MR) is 83.7 cm³/mol. The number of hydrogen-bond donors (Lipinski definition) is 0. The van der Waals surface area contributed by atoms with E-state index in [1.807, 2.05) is 0 Å². The summed E-state index contributed by atoms with van der Waals surface area (Å²) in [5.41, 5.74) is 0. The molecule has 0 bridgehead atoms. The van der Waals surface area contributed by atoms with Crippen LogP contribution >= 0.6 is 0 Å². The molecule has 130 valence electrons. The van der Waals surface area contributed by atoms with Gasteiger partial charge in [0.15, 0.2) is 0 Å². The van der Waals surface area contributed by atoms with Gasteiger partial charge in [0.25, 0.3) is 0 Å². The van der Waals surface area contributed by atoms with Gasteiger partial charge >= 0.3 is 0 Å². The van der Waals surface area contributed by atoms with E-state index >= 15 is 0 Å². The van der Waals surface area contributed by atoms with Crippen molar-refractivity contribution in [1.82, 2.24) is 9.21 Å². The maximum atomic E-state index is 12.6. The SMILES string of the molecule is O=S(=O)(c1ccc(OCCF)cc1)N1CCN(CCCF)CC1. The molecule has 8 heteroatoms. The monoisotopic (exact) mass is 348 g/mol. The van der Waals surface area contributed by atoms with Gasteiger partial charge in [-0.1, -0.05) is 0 Å². The summed E-state index contributed by atoms with van der Waals surface area (Å²) in [6.07, 6.45) is 0.479. The topological polar surface area (TPSA) is 49.9 Å². The van der Waals surface area contributed by atoms with Crippen LogP contribution in [0.1, 0.15) is 6.42 Å². The van der Waals surface area contributed by atoms with E-state index in [0.29, 0.717) is 44.9 Å². The van der Waals surface area contributed by atoms with Crippen molar-refractivity contribution in [2.75, 3.05) is 52.7 Å². The van der Waals surface area contributed by atoms with Crippen LogP contribution in [0.25, 0.3) is 0 Å². The molecule has 1 aromatic carbocycles. The number of rotatable bonds is 8. The second-order valence-electron chi connectivity index (χ2n) is 5.30. The van der Waals surface area contributed by atoms with Gasteiger partial charge in [0.1, 0.15) is 19.0 Å². The molecular formula is C15H22F2N2O3S. The van der Waals surface area contributed by atoms with Crippen LogP contribution in [0.3, 0.4) is 0 Å². The van der Waals surface area contributed by atoms with Crippen LogP contribution in [0, 0.1) is 0 Å². The molecule has 5 nitrogen and oxygen atoms in total. The Morgan fingerprint density at radius 2 is 1.65 bits per heavy atom. The van der Waals surface area contributed by atoms with Gasteiger partial charge in [-0.3, -0.25) is 4.39 Å². The van der Waals surface area contributed by atoms with Gasteiger partial charge in [-0.15, -0.1) is 0 Å². The van der Waals surface area contributed by atoms with E-state index in [9.17, 15) is 17.2 Å². The number of benzene rings is 1. The van der Waals surface area contributed by atoms with E-state index in [2.05, 4.69) is 4.90 Å². The molecule has 1 aliphatic rings. The first-order valence-electron chi connectivity index (χ1n) is 7.65. The largest absolute Gasteiger partial charge is 0.491 e. The molecule has 0 aliphatic carbocycles. The Kier molecular flexibility index (Phi) is 6.73. The zero-order valence-electron chi connectivity index (χ0n) is 13.0. The second-order valence-corrected chi connectivity index (χ2v) is 7.24. The first-order valence-corrected chi connectivity index (χ1v) is 9.09. The molecule has 1 aliphatic heterocycles. The van der Waals surface area contributed by atoms with Crippen LogP contribution in [0.4, 0.5) is 8.78 Å². The van der Waals surface area contributed by atoms with Crippen molar-refractivity contribution in [1.29, 1.82) is 0 Å². The third-order valence-corrected chi connectivity index (χ3v) is 5.66. The van der Waals surface area contributed by atoms with E-state index in [0.717, 1.165) is 0 Å². The molecule has 0 amide bonds. The number of hydrogen-bond acceptors (Lipinski definition) is 4. The molecule has 1 saturated heterocycles. The van der Waals surface area contributed by atoms with E-state index in [-0.39, 0.29) is 18.2 Å². The van der Waals surface area contributed by atoms with E-state index in [4.69, 9.17) is 4.74 Å². The second kappa shape index (κ2) is 8.56. The van der Waals surface area contributed by atoms with Gasteiger partial charge in [0, 0.05) is 32.7 Å². The fourth-order valence-electron chi connectivity index (χ4n) is 2.49. The number of halogens is 2. The van der Waals surface area contributed by atoms with Gasteiger partial charge in [0.05, 0.1) is 11.6 Å². The summed E-state index contributed by atoms with van der Waals surface area (Å²) in [6, 6.07) is 6.00. The lowest BCUT2D eigenvalue weighted by molar-refractivity contribution is 0.182. The van der Waals surface area contributed by atoms with E-state index in [1.165, 1.54) is 28.6 Å². The smallest absolute Gasteiger partial charge is 0.243 e. The van der Waals surface area contributed by atoms with Gasteiger partial charge < -0.3 is 9.64 Å². The molecule has 1 heterocycles. The van der Waals surface area contributed by atoms with Crippen LogP contribution in [0.5, 0.6) is 5.75 Å². The van der Waals surface area contributed by atoms with Crippen molar-refractivity contribution in [2.45, 2.75) is 11.3 Å². The molecule has 0 unspecified atom stereocenters. The quantitative estimate of drug-likeness (QED) is 0.718. The summed E-state index contributed by atoms with van der Waals surface area (Å²) in [5, 5.41) is 0. The lowest BCUT2D eigenvalue weighted by Gasteiger charge is -2.33. The summed E-state index contributed by atoms with van der Waals surface area (Å²) >= 11 is 0. The molecule has 1 aromatic rings. The van der Waals surface area contributed by atoms with E-state index in [1.54, 1.807) is 0 Å². The molecule has 0 aromatic heterocycles. The van der Waals surface area contributed by atoms with Crippen LogP contribution in [0.2, 0.25) is 0 Å². The fourth-order valence-corrected chi connectivity index (χ4v) is 3.91. The normalized spacial score (nSPS) is 17.3. The maximum absolute atomic E-state index is 12.6. The summed E-state index contributed by atoms with van der Waals surface area (Å²) in [6.45, 7) is 1.68. The standard InChI is InChI=1S/C15H22F2N2O3S/c16-6-1-8-18-9-11-19(12-10-18)23(20,21)15-4-2-14(3-5-15)22-13-7-17/h2-5H,1,6-13H2. The summed E-state index contributed by atoms with van der Waals surface area (Å²) in [4.78, 5) is 2.27. The Bertz CT molecular complexity index is 573. The number of ether oxygens (including phenoxy) is 1. The average molecular weight is 348 g/mol. The predicted octanol–water partition coefficient (Wildman–Crippen LogP) is 1.70. The Hall–Kier alpha value is -1.25. The van der Waals surface area contributed by atoms with Crippen LogP contribution in [-0.4, -0.2) is 70.3 Å². The zero-order chi connectivity index (χ0) is 16.7. The third kappa shape index (κ3) is 4.86. The number of sulfonamides is 1. The van der Waals surface area contributed by atoms with Crippen LogP contribution < -0.4 is 4.74 Å². The number of piperazine rings is 1. The molecule has 0 spiro atoms. The summed E-state index contributed by atoms with van der Waals surface area (Å²) < 4.78 is 55.9. The highest BCUT2D eigenvalue weighted by molar-refractivity contribution is 7.89. The Balaban J connectivity index is 1.96. The Morgan fingerprint density at radius 1 is 1.00 bits per heavy atom. The van der Waals surface area contributed by atoms with E-state index < -0.39 is 16.7 Å². The van der Waals surface area contributed by atoms with Crippen molar-refractivity contribution < 1.29 is 21.9 Å². The minimum absolute atomic E-state index is 0.0487. The number of alkyl halides is 2.